The van der Waals surface area contributed by atoms with Gasteiger partial charge in [0.2, 0.25) is 0 Å². The monoisotopic (exact) mass is 420 g/mol. The summed E-state index contributed by atoms with van der Waals surface area (Å²) in [6, 6.07) is 4.30. The molecule has 30 heavy (non-hydrogen) atoms. The van der Waals surface area contributed by atoms with Crippen LogP contribution >= 0.6 is 0 Å². The molecule has 154 valence electrons. The highest BCUT2D eigenvalue weighted by Crippen LogP contribution is 2.34. The Labute approximate surface area is 167 Å². The summed E-state index contributed by atoms with van der Waals surface area (Å²) in [7, 11) is 0. The number of fused-ring (bicyclic) bond motifs is 1. The molecular weight excluding hydrogens is 407 g/mol. The van der Waals surface area contributed by atoms with Crippen LogP contribution in [-0.2, 0) is 12.6 Å². The van der Waals surface area contributed by atoms with E-state index in [4.69, 9.17) is 5.26 Å². The van der Waals surface area contributed by atoms with Crippen molar-refractivity contribution in [2.45, 2.75) is 32.4 Å². The van der Waals surface area contributed by atoms with Gasteiger partial charge in [0.25, 0.3) is 0 Å². The molecule has 0 spiro atoms. The van der Waals surface area contributed by atoms with Crippen molar-refractivity contribution in [2.24, 2.45) is 0 Å². The molecule has 0 saturated carbocycles. The van der Waals surface area contributed by atoms with E-state index >= 15 is 0 Å². The van der Waals surface area contributed by atoms with E-state index in [2.05, 4.69) is 4.98 Å². The van der Waals surface area contributed by atoms with Crippen LogP contribution < -0.4 is 0 Å². The minimum Gasteiger partial charge on any atom is -0.289 e. The average molecular weight is 420 g/mol. The van der Waals surface area contributed by atoms with Crippen molar-refractivity contribution in [1.82, 2.24) is 4.98 Å². The molecule has 4 nitrogen and oxygen atoms in total. The first-order valence-electron chi connectivity index (χ1n) is 8.86. The highest BCUT2D eigenvalue weighted by molar-refractivity contribution is 6.27. The molecular formula is C21H13F5N2O2. The van der Waals surface area contributed by atoms with Gasteiger partial charge in [-0.2, -0.15) is 18.4 Å². The summed E-state index contributed by atoms with van der Waals surface area (Å²) in [5.74, 6) is -3.77. The van der Waals surface area contributed by atoms with Crippen molar-refractivity contribution in [3.8, 4) is 6.07 Å². The number of alkyl halides is 3. The van der Waals surface area contributed by atoms with Crippen LogP contribution in [0.1, 0.15) is 57.4 Å². The van der Waals surface area contributed by atoms with Crippen molar-refractivity contribution in [3.63, 3.8) is 0 Å². The number of hydrogen-bond donors (Lipinski definition) is 0. The van der Waals surface area contributed by atoms with Gasteiger partial charge in [0, 0.05) is 34.9 Å². The zero-order valence-corrected chi connectivity index (χ0v) is 15.5. The molecule has 0 N–H and O–H groups in total. The Hall–Kier alpha value is -3.41. The van der Waals surface area contributed by atoms with E-state index in [-0.39, 0.29) is 29.7 Å². The standard InChI is InChI=1S/C21H13F5N2O2/c1-2-3-12-13(8-11-4-5-15(21(24,25)26)17(9-27)28-11)19(29)14-6-10(22)7-16(23)18(14)20(12)30/h4-7H,2-3,8H2,1H3. The summed E-state index contributed by atoms with van der Waals surface area (Å²) in [6.45, 7) is 1.73. The largest absolute Gasteiger partial charge is 0.419 e. The number of Topliss-reactive ketones (excluding diaryl/α,β-unsaturated/α-hetero) is 2. The number of rotatable bonds is 4. The summed E-state index contributed by atoms with van der Waals surface area (Å²) < 4.78 is 66.7. The van der Waals surface area contributed by atoms with Crippen LogP contribution in [0.4, 0.5) is 22.0 Å². The van der Waals surface area contributed by atoms with Crippen molar-refractivity contribution in [3.05, 3.63) is 75.1 Å². The zero-order valence-electron chi connectivity index (χ0n) is 15.5. The molecule has 0 unspecified atom stereocenters. The first-order chi connectivity index (χ1) is 14.1. The van der Waals surface area contributed by atoms with E-state index in [1.807, 2.05) is 0 Å². The van der Waals surface area contributed by atoms with Crippen LogP contribution in [0.25, 0.3) is 0 Å². The molecule has 1 aliphatic carbocycles. The Morgan fingerprint density at radius 3 is 2.37 bits per heavy atom. The number of hydrogen-bond acceptors (Lipinski definition) is 4. The lowest BCUT2D eigenvalue weighted by Gasteiger charge is -2.21. The predicted octanol–water partition coefficient (Wildman–Crippen LogP) is 4.97. The van der Waals surface area contributed by atoms with E-state index in [1.165, 1.54) is 6.07 Å². The highest BCUT2D eigenvalue weighted by Gasteiger charge is 2.36. The van der Waals surface area contributed by atoms with Crippen LogP contribution in [0, 0.1) is 23.0 Å². The fourth-order valence-electron chi connectivity index (χ4n) is 3.37. The highest BCUT2D eigenvalue weighted by atomic mass is 19.4. The molecule has 2 aromatic rings. The smallest absolute Gasteiger partial charge is 0.289 e. The van der Waals surface area contributed by atoms with E-state index in [0.717, 1.165) is 12.1 Å². The lowest BCUT2D eigenvalue weighted by molar-refractivity contribution is -0.138. The van der Waals surface area contributed by atoms with Gasteiger partial charge in [-0.3, -0.25) is 9.59 Å². The molecule has 0 radical (unpaired) electrons. The summed E-state index contributed by atoms with van der Waals surface area (Å²) in [5, 5.41) is 9.00. The minimum absolute atomic E-state index is 0.000661. The fraction of sp³-hybridized carbons (Fsp3) is 0.238. The summed E-state index contributed by atoms with van der Waals surface area (Å²) >= 11 is 0. The molecule has 0 fully saturated rings. The van der Waals surface area contributed by atoms with Crippen LogP contribution in [0.15, 0.2) is 35.4 Å². The molecule has 3 rings (SSSR count). The van der Waals surface area contributed by atoms with Crippen molar-refractivity contribution < 1.29 is 31.5 Å². The third kappa shape index (κ3) is 3.73. The minimum atomic E-state index is -4.78. The maximum absolute atomic E-state index is 14.2. The SMILES string of the molecule is CCCC1=C(Cc2ccc(C(F)(F)F)c(C#N)n2)C(=O)c2cc(F)cc(F)c2C1=O. The van der Waals surface area contributed by atoms with Gasteiger partial charge < -0.3 is 0 Å². The van der Waals surface area contributed by atoms with Gasteiger partial charge in [0.1, 0.15) is 17.7 Å². The van der Waals surface area contributed by atoms with Crippen LogP contribution in [-0.4, -0.2) is 16.6 Å². The molecule has 1 aromatic heterocycles. The fourth-order valence-corrected chi connectivity index (χ4v) is 3.37. The third-order valence-corrected chi connectivity index (χ3v) is 4.66. The van der Waals surface area contributed by atoms with Gasteiger partial charge in [-0.1, -0.05) is 13.3 Å². The molecule has 1 aliphatic rings. The second-order valence-corrected chi connectivity index (χ2v) is 6.66. The predicted molar refractivity (Wildman–Crippen MR) is 94.6 cm³/mol. The molecule has 0 amide bonds. The molecule has 0 aliphatic heterocycles. The van der Waals surface area contributed by atoms with Crippen LogP contribution in [0.2, 0.25) is 0 Å². The average Bonchev–Trinajstić information content (AvgIpc) is 2.67. The zero-order chi connectivity index (χ0) is 22.2. The number of nitrogens with zero attached hydrogens (tertiary/aromatic N) is 2. The number of allylic oxidation sites excluding steroid dienone is 2. The number of halogens is 5. The van der Waals surface area contributed by atoms with Gasteiger partial charge in [0.15, 0.2) is 17.3 Å². The molecule has 0 saturated heterocycles. The maximum atomic E-state index is 14.2. The summed E-state index contributed by atoms with van der Waals surface area (Å²) in [5.41, 5.74) is -3.21. The van der Waals surface area contributed by atoms with Gasteiger partial charge in [-0.25, -0.2) is 13.8 Å². The first-order valence-corrected chi connectivity index (χ1v) is 8.86. The van der Waals surface area contributed by atoms with Crippen LogP contribution in [0.3, 0.4) is 0 Å². The Morgan fingerprint density at radius 1 is 1.07 bits per heavy atom. The van der Waals surface area contributed by atoms with Crippen LogP contribution in [0.5, 0.6) is 0 Å². The second-order valence-electron chi connectivity index (χ2n) is 6.66. The molecule has 1 aromatic carbocycles. The van der Waals surface area contributed by atoms with E-state index in [1.54, 1.807) is 6.92 Å². The normalized spacial score (nSPS) is 14.0. The number of pyridine rings is 1. The number of nitriles is 1. The van der Waals surface area contributed by atoms with E-state index in [9.17, 15) is 31.5 Å². The Balaban J connectivity index is 2.12. The first kappa shape index (κ1) is 21.3. The van der Waals surface area contributed by atoms with Gasteiger partial charge >= 0.3 is 6.18 Å². The van der Waals surface area contributed by atoms with Gasteiger partial charge in [-0.05, 0) is 24.6 Å². The molecule has 1 heterocycles. The molecule has 0 atom stereocenters. The topological polar surface area (TPSA) is 70.8 Å². The van der Waals surface area contributed by atoms with E-state index in [0.29, 0.717) is 18.6 Å². The van der Waals surface area contributed by atoms with E-state index < -0.39 is 51.8 Å². The van der Waals surface area contributed by atoms with Crippen molar-refractivity contribution >= 4 is 11.6 Å². The quantitative estimate of drug-likeness (QED) is 0.655. The lowest BCUT2D eigenvalue weighted by atomic mass is 9.80. The second kappa shape index (κ2) is 7.78. The Kier molecular flexibility index (Phi) is 5.53. The summed E-state index contributed by atoms with van der Waals surface area (Å²) in [6.07, 6.45) is -4.60. The van der Waals surface area contributed by atoms with Crippen molar-refractivity contribution in [1.29, 1.82) is 5.26 Å². The molecule has 0 bridgehead atoms. The van der Waals surface area contributed by atoms with Crippen molar-refractivity contribution in [2.75, 3.05) is 0 Å². The maximum Gasteiger partial charge on any atom is 0.419 e. The Morgan fingerprint density at radius 2 is 1.77 bits per heavy atom. The number of ketones is 2. The lowest BCUT2D eigenvalue weighted by Crippen LogP contribution is -2.25. The summed E-state index contributed by atoms with van der Waals surface area (Å²) in [4.78, 5) is 29.4. The number of benzene rings is 1. The number of carbonyl (C=O) groups is 2. The number of aromatic nitrogens is 1. The number of carbonyl (C=O) groups excluding carboxylic acids is 2. The van der Waals surface area contributed by atoms with Gasteiger partial charge in [-0.15, -0.1) is 0 Å². The third-order valence-electron chi connectivity index (χ3n) is 4.66. The molecule has 9 heteroatoms. The Bertz CT molecular complexity index is 1140. The van der Waals surface area contributed by atoms with Gasteiger partial charge in [0.05, 0.1) is 11.1 Å².